The maximum Gasteiger partial charge on any atom is 0.0868 e. The fourth-order valence-electron chi connectivity index (χ4n) is 2.85. The number of allylic oxidation sites excluding steroid dienone is 1. The molecular weight excluding hydrogens is 208 g/mol. The molecule has 0 radical (unpaired) electrons. The van der Waals surface area contributed by atoms with Crippen molar-refractivity contribution in [1.82, 2.24) is 0 Å². The number of hydrogen-bond acceptors (Lipinski definition) is 1. The Balaban J connectivity index is 2.29. The van der Waals surface area contributed by atoms with Crippen molar-refractivity contribution in [2.75, 3.05) is 0 Å². The first-order chi connectivity index (χ1) is 8.00. The third-order valence-electron chi connectivity index (χ3n) is 3.73. The van der Waals surface area contributed by atoms with Gasteiger partial charge in [-0.1, -0.05) is 29.8 Å². The Kier molecular flexibility index (Phi) is 3.39. The molecule has 0 saturated carbocycles. The summed E-state index contributed by atoms with van der Waals surface area (Å²) in [5.41, 5.74) is 4.59. The van der Waals surface area contributed by atoms with Crippen molar-refractivity contribution < 1.29 is 5.11 Å². The second kappa shape index (κ2) is 4.66. The topological polar surface area (TPSA) is 20.2 Å². The Morgan fingerprint density at radius 3 is 2.35 bits per heavy atom. The molecule has 0 saturated heterocycles. The molecule has 0 fully saturated rings. The summed E-state index contributed by atoms with van der Waals surface area (Å²) in [6, 6.07) is 4.41. The molecule has 17 heavy (non-hydrogen) atoms. The van der Waals surface area contributed by atoms with Crippen molar-refractivity contribution in [2.24, 2.45) is 0 Å². The molecule has 1 aromatic carbocycles. The predicted octanol–water partition coefficient (Wildman–Crippen LogP) is 3.63. The summed E-state index contributed by atoms with van der Waals surface area (Å²) in [6.45, 7) is 6.41. The second-order valence-corrected chi connectivity index (χ2v) is 5.45. The fourth-order valence-corrected chi connectivity index (χ4v) is 2.85. The molecular formula is C16H22O. The highest BCUT2D eigenvalue weighted by molar-refractivity contribution is 5.39. The van der Waals surface area contributed by atoms with E-state index < -0.39 is 5.60 Å². The van der Waals surface area contributed by atoms with E-state index in [0.717, 1.165) is 25.7 Å². The van der Waals surface area contributed by atoms with Crippen LogP contribution in [0.15, 0.2) is 24.3 Å². The van der Waals surface area contributed by atoms with E-state index in [1.807, 2.05) is 6.08 Å². The maximum atomic E-state index is 10.6. The largest absolute Gasteiger partial charge is 0.385 e. The van der Waals surface area contributed by atoms with Crippen LogP contribution in [0.3, 0.4) is 0 Å². The first-order valence-electron chi connectivity index (χ1n) is 6.47. The highest BCUT2D eigenvalue weighted by Gasteiger charge is 2.26. The minimum absolute atomic E-state index is 0.622. The first kappa shape index (κ1) is 12.4. The van der Waals surface area contributed by atoms with Crippen LogP contribution in [0.25, 0.3) is 0 Å². The van der Waals surface area contributed by atoms with Crippen molar-refractivity contribution in [2.45, 2.75) is 52.1 Å². The Morgan fingerprint density at radius 2 is 1.82 bits per heavy atom. The van der Waals surface area contributed by atoms with Crippen LogP contribution in [0.2, 0.25) is 0 Å². The predicted molar refractivity (Wildman–Crippen MR) is 72.3 cm³/mol. The number of hydrogen-bond donors (Lipinski definition) is 1. The number of aryl methyl sites for hydroxylation is 3. The summed E-state index contributed by atoms with van der Waals surface area (Å²) in [5.74, 6) is 0. The molecule has 0 spiro atoms. The van der Waals surface area contributed by atoms with E-state index >= 15 is 0 Å². The third-order valence-corrected chi connectivity index (χ3v) is 3.73. The van der Waals surface area contributed by atoms with Crippen molar-refractivity contribution in [3.05, 3.63) is 46.5 Å². The lowest BCUT2D eigenvalue weighted by Crippen LogP contribution is -2.31. The Bertz CT molecular complexity index is 422. The molecule has 1 unspecified atom stereocenters. The van der Waals surface area contributed by atoms with E-state index in [1.54, 1.807) is 0 Å². The number of benzene rings is 1. The van der Waals surface area contributed by atoms with Crippen molar-refractivity contribution >= 4 is 0 Å². The van der Waals surface area contributed by atoms with E-state index in [2.05, 4.69) is 39.0 Å². The fraction of sp³-hybridized carbons (Fsp3) is 0.500. The quantitative estimate of drug-likeness (QED) is 0.769. The molecule has 0 heterocycles. The van der Waals surface area contributed by atoms with E-state index in [-0.39, 0.29) is 0 Å². The van der Waals surface area contributed by atoms with Gasteiger partial charge in [0, 0.05) is 6.42 Å². The molecule has 1 N–H and O–H groups in total. The molecule has 0 bridgehead atoms. The van der Waals surface area contributed by atoms with Crippen LogP contribution < -0.4 is 0 Å². The van der Waals surface area contributed by atoms with E-state index in [4.69, 9.17) is 0 Å². The highest BCUT2D eigenvalue weighted by atomic mass is 16.3. The van der Waals surface area contributed by atoms with Gasteiger partial charge < -0.3 is 5.11 Å². The molecule has 1 nitrogen and oxygen atoms in total. The van der Waals surface area contributed by atoms with Gasteiger partial charge in [0.05, 0.1) is 5.60 Å². The van der Waals surface area contributed by atoms with Crippen LogP contribution >= 0.6 is 0 Å². The van der Waals surface area contributed by atoms with Crippen LogP contribution in [-0.4, -0.2) is 10.7 Å². The Morgan fingerprint density at radius 1 is 1.18 bits per heavy atom. The van der Waals surface area contributed by atoms with Gasteiger partial charge in [0.15, 0.2) is 0 Å². The van der Waals surface area contributed by atoms with Crippen LogP contribution in [0.1, 0.15) is 41.5 Å². The first-order valence-corrected chi connectivity index (χ1v) is 6.47. The van der Waals surface area contributed by atoms with Gasteiger partial charge in [0.25, 0.3) is 0 Å². The van der Waals surface area contributed by atoms with Crippen molar-refractivity contribution in [3.63, 3.8) is 0 Å². The van der Waals surface area contributed by atoms with Gasteiger partial charge in [-0.05, 0) is 56.7 Å². The Labute approximate surface area is 104 Å². The van der Waals surface area contributed by atoms with Gasteiger partial charge in [0.2, 0.25) is 0 Å². The van der Waals surface area contributed by atoms with Gasteiger partial charge in [-0.3, -0.25) is 0 Å². The number of aliphatic hydroxyl groups is 1. The molecule has 1 heteroatoms. The molecule has 1 aliphatic rings. The molecule has 0 amide bonds. The summed E-state index contributed by atoms with van der Waals surface area (Å²) >= 11 is 0. The summed E-state index contributed by atoms with van der Waals surface area (Å²) in [7, 11) is 0. The normalized spacial score (nSPS) is 24.0. The number of rotatable bonds is 2. The lowest BCUT2D eigenvalue weighted by molar-refractivity contribution is 0.0748. The average Bonchev–Trinajstić information content (AvgIpc) is 2.24. The molecule has 1 aromatic rings. The Hall–Kier alpha value is -1.08. The standard InChI is InChI=1S/C16H22O/c1-12-9-13(2)15(14(3)10-12)11-16(17)7-5-4-6-8-16/h5,7,9-10,17H,4,6,8,11H2,1-3H3. The maximum absolute atomic E-state index is 10.6. The lowest BCUT2D eigenvalue weighted by Gasteiger charge is -2.29. The SMILES string of the molecule is Cc1cc(C)c(CC2(O)C=CCCC2)c(C)c1. The highest BCUT2D eigenvalue weighted by Crippen LogP contribution is 2.29. The molecule has 0 aromatic heterocycles. The zero-order chi connectivity index (χ0) is 12.5. The smallest absolute Gasteiger partial charge is 0.0868 e. The van der Waals surface area contributed by atoms with Crippen LogP contribution in [0.5, 0.6) is 0 Å². The van der Waals surface area contributed by atoms with Gasteiger partial charge in [0.1, 0.15) is 0 Å². The minimum atomic E-state index is -0.622. The van der Waals surface area contributed by atoms with Crippen LogP contribution in [-0.2, 0) is 6.42 Å². The van der Waals surface area contributed by atoms with Crippen molar-refractivity contribution in [3.8, 4) is 0 Å². The zero-order valence-electron chi connectivity index (χ0n) is 11.1. The summed E-state index contributed by atoms with van der Waals surface area (Å²) in [5, 5.41) is 10.6. The van der Waals surface area contributed by atoms with Crippen LogP contribution in [0, 0.1) is 20.8 Å². The summed E-state index contributed by atoms with van der Waals surface area (Å²) in [6.07, 6.45) is 7.94. The molecule has 1 atom stereocenters. The third kappa shape index (κ3) is 2.78. The minimum Gasteiger partial charge on any atom is -0.385 e. The second-order valence-electron chi connectivity index (χ2n) is 5.45. The van der Waals surface area contributed by atoms with Crippen LogP contribution in [0.4, 0.5) is 0 Å². The van der Waals surface area contributed by atoms with Crippen molar-refractivity contribution in [1.29, 1.82) is 0 Å². The van der Waals surface area contributed by atoms with Gasteiger partial charge in [-0.2, -0.15) is 0 Å². The monoisotopic (exact) mass is 230 g/mol. The molecule has 0 aliphatic heterocycles. The average molecular weight is 230 g/mol. The van der Waals surface area contributed by atoms with Gasteiger partial charge in [-0.25, -0.2) is 0 Å². The molecule has 2 rings (SSSR count). The molecule has 92 valence electrons. The van der Waals surface area contributed by atoms with Gasteiger partial charge in [-0.15, -0.1) is 0 Å². The summed E-state index contributed by atoms with van der Waals surface area (Å²) in [4.78, 5) is 0. The van der Waals surface area contributed by atoms with Gasteiger partial charge >= 0.3 is 0 Å². The van der Waals surface area contributed by atoms with E-state index in [9.17, 15) is 5.11 Å². The lowest BCUT2D eigenvalue weighted by atomic mass is 9.83. The molecule has 1 aliphatic carbocycles. The summed E-state index contributed by atoms with van der Waals surface area (Å²) < 4.78 is 0. The van der Waals surface area contributed by atoms with E-state index in [1.165, 1.54) is 22.3 Å². The zero-order valence-corrected chi connectivity index (χ0v) is 11.1. The van der Waals surface area contributed by atoms with E-state index in [0.29, 0.717) is 0 Å².